The van der Waals surface area contributed by atoms with E-state index in [0.717, 1.165) is 0 Å². The molecule has 4 heteroatoms. The van der Waals surface area contributed by atoms with E-state index in [1.54, 1.807) is 6.07 Å². The van der Waals surface area contributed by atoms with Gasteiger partial charge in [-0.3, -0.25) is 0 Å². The molecule has 0 fully saturated rings. The Bertz CT molecular complexity index is 424. The molecule has 0 atom stereocenters. The highest BCUT2D eigenvalue weighted by Crippen LogP contribution is 2.10. The molecule has 0 amide bonds. The summed E-state index contributed by atoms with van der Waals surface area (Å²) < 4.78 is 13.2. The van der Waals surface area contributed by atoms with E-state index in [2.05, 4.69) is 11.2 Å². The molecule has 0 unspecified atom stereocenters. The first-order valence-electron chi connectivity index (χ1n) is 4.81. The topological polar surface area (TPSA) is 49.3 Å². The lowest BCUT2D eigenvalue weighted by molar-refractivity contribution is 0.0692. The number of nitrogens with one attached hydrogen (secondary N) is 1. The second kappa shape index (κ2) is 5.89. The monoisotopic (exact) mass is 221 g/mol. The number of benzene rings is 1. The van der Waals surface area contributed by atoms with Crippen molar-refractivity contribution >= 4 is 5.97 Å². The number of terminal acetylenes is 1. The smallest absolute Gasteiger partial charge is 0.338 e. The zero-order valence-corrected chi connectivity index (χ0v) is 8.66. The molecule has 0 saturated heterocycles. The van der Waals surface area contributed by atoms with E-state index < -0.39 is 11.8 Å². The molecule has 1 aromatic rings. The van der Waals surface area contributed by atoms with Gasteiger partial charge in [-0.2, -0.15) is 0 Å². The molecule has 0 aliphatic heterocycles. The number of rotatable bonds is 5. The molecule has 16 heavy (non-hydrogen) atoms. The summed E-state index contributed by atoms with van der Waals surface area (Å²) in [5.41, 5.74) is 0.381. The van der Waals surface area contributed by atoms with E-state index in [9.17, 15) is 9.18 Å². The summed E-state index contributed by atoms with van der Waals surface area (Å²) in [6.45, 7) is 1.12. The first kappa shape index (κ1) is 12.2. The van der Waals surface area contributed by atoms with Crippen molar-refractivity contribution in [3.8, 4) is 12.3 Å². The molecule has 0 aliphatic carbocycles. The Morgan fingerprint density at radius 3 is 2.88 bits per heavy atom. The van der Waals surface area contributed by atoms with E-state index >= 15 is 0 Å². The Hall–Kier alpha value is -1.86. The molecule has 0 radical (unpaired) electrons. The van der Waals surface area contributed by atoms with Gasteiger partial charge in [0, 0.05) is 19.5 Å². The Morgan fingerprint density at radius 2 is 2.31 bits per heavy atom. The Balaban J connectivity index is 2.60. The minimum atomic E-state index is -1.26. The third kappa shape index (κ3) is 3.37. The van der Waals surface area contributed by atoms with Crippen molar-refractivity contribution in [2.75, 3.05) is 6.54 Å². The van der Waals surface area contributed by atoms with Crippen molar-refractivity contribution in [3.63, 3.8) is 0 Å². The van der Waals surface area contributed by atoms with Crippen LogP contribution >= 0.6 is 0 Å². The third-order valence-electron chi connectivity index (χ3n) is 2.04. The van der Waals surface area contributed by atoms with Crippen molar-refractivity contribution in [3.05, 3.63) is 35.1 Å². The molecule has 1 aromatic carbocycles. The molecule has 0 spiro atoms. The fourth-order valence-electron chi connectivity index (χ4n) is 1.24. The van der Waals surface area contributed by atoms with Crippen LogP contribution in [0.25, 0.3) is 0 Å². The number of carboxylic acids is 1. The first-order valence-corrected chi connectivity index (χ1v) is 4.81. The van der Waals surface area contributed by atoms with Crippen LogP contribution in [0.15, 0.2) is 18.2 Å². The standard InChI is InChI=1S/C12H12FNO2/c1-2-3-6-14-8-9-4-5-10(12(15)16)11(13)7-9/h1,4-5,7,14H,3,6,8H2,(H,15,16). The maximum Gasteiger partial charge on any atom is 0.338 e. The largest absolute Gasteiger partial charge is 0.478 e. The summed E-state index contributed by atoms with van der Waals surface area (Å²) in [4.78, 5) is 10.6. The van der Waals surface area contributed by atoms with E-state index in [4.69, 9.17) is 11.5 Å². The molecule has 0 bridgehead atoms. The van der Waals surface area contributed by atoms with Gasteiger partial charge in [0.25, 0.3) is 0 Å². The van der Waals surface area contributed by atoms with Crippen LogP contribution in [0, 0.1) is 18.2 Å². The van der Waals surface area contributed by atoms with Crippen molar-refractivity contribution in [2.24, 2.45) is 0 Å². The van der Waals surface area contributed by atoms with E-state index in [1.165, 1.54) is 12.1 Å². The fraction of sp³-hybridized carbons (Fsp3) is 0.250. The Labute approximate surface area is 93.3 Å². The van der Waals surface area contributed by atoms with E-state index in [0.29, 0.717) is 25.1 Å². The zero-order valence-electron chi connectivity index (χ0n) is 8.66. The Kier molecular flexibility index (Phi) is 4.49. The molecular weight excluding hydrogens is 209 g/mol. The zero-order chi connectivity index (χ0) is 12.0. The van der Waals surface area contributed by atoms with Gasteiger partial charge < -0.3 is 10.4 Å². The maximum absolute atomic E-state index is 13.2. The minimum absolute atomic E-state index is 0.313. The highest BCUT2D eigenvalue weighted by molar-refractivity contribution is 5.87. The second-order valence-electron chi connectivity index (χ2n) is 3.25. The number of aromatic carboxylic acids is 1. The quantitative estimate of drug-likeness (QED) is 0.587. The number of hydrogen-bond acceptors (Lipinski definition) is 2. The summed E-state index contributed by atoms with van der Waals surface area (Å²) in [6.07, 6.45) is 5.68. The van der Waals surface area contributed by atoms with E-state index in [-0.39, 0.29) is 5.56 Å². The second-order valence-corrected chi connectivity index (χ2v) is 3.25. The van der Waals surface area contributed by atoms with Crippen molar-refractivity contribution in [1.29, 1.82) is 0 Å². The average molecular weight is 221 g/mol. The highest BCUT2D eigenvalue weighted by Gasteiger charge is 2.09. The predicted molar refractivity (Wildman–Crippen MR) is 58.5 cm³/mol. The summed E-state index contributed by atoms with van der Waals surface area (Å²) in [6, 6.07) is 4.05. The van der Waals surface area contributed by atoms with Crippen LogP contribution in [0.3, 0.4) is 0 Å². The number of carboxylic acid groups (broad SMARTS) is 1. The molecule has 84 valence electrons. The predicted octanol–water partition coefficient (Wildman–Crippen LogP) is 1.64. The molecule has 0 aliphatic rings. The van der Waals surface area contributed by atoms with Crippen LogP contribution < -0.4 is 5.32 Å². The van der Waals surface area contributed by atoms with Crippen molar-refractivity contribution < 1.29 is 14.3 Å². The minimum Gasteiger partial charge on any atom is -0.478 e. The number of halogens is 1. The van der Waals surface area contributed by atoms with Gasteiger partial charge in [0.05, 0.1) is 5.56 Å². The van der Waals surface area contributed by atoms with Crippen LogP contribution in [0.1, 0.15) is 22.3 Å². The van der Waals surface area contributed by atoms with E-state index in [1.807, 2.05) is 0 Å². The fourth-order valence-corrected chi connectivity index (χ4v) is 1.24. The molecule has 3 nitrogen and oxygen atoms in total. The van der Waals surface area contributed by atoms with Crippen LogP contribution in [0.5, 0.6) is 0 Å². The molecule has 0 heterocycles. The van der Waals surface area contributed by atoms with Crippen LogP contribution in [0.4, 0.5) is 4.39 Å². The summed E-state index contributed by atoms with van der Waals surface area (Å²) in [5, 5.41) is 11.6. The maximum atomic E-state index is 13.2. The number of carbonyl (C=O) groups is 1. The van der Waals surface area contributed by atoms with Crippen LogP contribution in [-0.2, 0) is 6.54 Å². The lowest BCUT2D eigenvalue weighted by atomic mass is 10.1. The van der Waals surface area contributed by atoms with Crippen molar-refractivity contribution in [1.82, 2.24) is 5.32 Å². The lowest BCUT2D eigenvalue weighted by Gasteiger charge is -2.04. The molecule has 2 N–H and O–H groups in total. The summed E-state index contributed by atoms with van der Waals surface area (Å²) in [5.74, 6) is 0.496. The van der Waals surface area contributed by atoms with Gasteiger partial charge in [0.15, 0.2) is 0 Å². The Morgan fingerprint density at radius 1 is 1.56 bits per heavy atom. The summed E-state index contributed by atoms with van der Waals surface area (Å²) >= 11 is 0. The lowest BCUT2D eigenvalue weighted by Crippen LogP contribution is -2.14. The van der Waals surface area contributed by atoms with Crippen molar-refractivity contribution in [2.45, 2.75) is 13.0 Å². The van der Waals surface area contributed by atoms with Gasteiger partial charge in [-0.15, -0.1) is 12.3 Å². The molecular formula is C12H12FNO2. The van der Waals surface area contributed by atoms with Gasteiger partial charge >= 0.3 is 5.97 Å². The molecule has 0 saturated carbocycles. The first-order chi connectivity index (χ1) is 7.65. The highest BCUT2D eigenvalue weighted by atomic mass is 19.1. The van der Waals surface area contributed by atoms with Crippen LogP contribution in [0.2, 0.25) is 0 Å². The van der Waals surface area contributed by atoms with Gasteiger partial charge in [0.2, 0.25) is 0 Å². The number of hydrogen-bond donors (Lipinski definition) is 2. The van der Waals surface area contributed by atoms with Gasteiger partial charge in [0.1, 0.15) is 5.82 Å². The van der Waals surface area contributed by atoms with Gasteiger partial charge in [-0.05, 0) is 17.7 Å². The molecule has 0 aromatic heterocycles. The summed E-state index contributed by atoms with van der Waals surface area (Å²) in [7, 11) is 0. The molecule has 1 rings (SSSR count). The average Bonchev–Trinajstić information content (AvgIpc) is 2.24. The SMILES string of the molecule is C#CCCNCc1ccc(C(=O)O)c(F)c1. The van der Waals surface area contributed by atoms with Gasteiger partial charge in [-0.25, -0.2) is 9.18 Å². The van der Waals surface area contributed by atoms with Crippen LogP contribution in [-0.4, -0.2) is 17.6 Å². The third-order valence-corrected chi connectivity index (χ3v) is 2.04. The normalized spacial score (nSPS) is 9.75. The van der Waals surface area contributed by atoms with Gasteiger partial charge in [-0.1, -0.05) is 6.07 Å².